The lowest BCUT2D eigenvalue weighted by Gasteiger charge is -2.22. The van der Waals surface area contributed by atoms with Gasteiger partial charge in [0.1, 0.15) is 18.2 Å². The van der Waals surface area contributed by atoms with Gasteiger partial charge in [-0.25, -0.2) is 9.97 Å². The minimum atomic E-state index is -0.156. The molecule has 0 bridgehead atoms. The zero-order valence-electron chi connectivity index (χ0n) is 14.3. The SMILES string of the molecule is OCc1ncc2c(n1)N(c1ccccc1Oc1ccccc1)CC21CC1. The molecular formula is C21H19N3O2. The molecule has 0 saturated heterocycles. The highest BCUT2D eigenvalue weighted by atomic mass is 16.5. The highest BCUT2D eigenvalue weighted by molar-refractivity contribution is 5.74. The summed E-state index contributed by atoms with van der Waals surface area (Å²) in [6.45, 7) is 0.720. The van der Waals surface area contributed by atoms with Gasteiger partial charge in [-0.1, -0.05) is 30.3 Å². The maximum absolute atomic E-state index is 9.45. The van der Waals surface area contributed by atoms with Crippen LogP contribution in [0.5, 0.6) is 11.5 Å². The lowest BCUT2D eigenvalue weighted by Crippen LogP contribution is -2.20. The highest BCUT2D eigenvalue weighted by Crippen LogP contribution is 2.58. The molecule has 130 valence electrons. The van der Waals surface area contributed by atoms with Crippen LogP contribution >= 0.6 is 0 Å². The van der Waals surface area contributed by atoms with Crippen LogP contribution in [0.4, 0.5) is 11.5 Å². The van der Waals surface area contributed by atoms with Crippen molar-refractivity contribution in [3.05, 3.63) is 72.2 Å². The van der Waals surface area contributed by atoms with Crippen LogP contribution in [0.2, 0.25) is 0 Å². The van der Waals surface area contributed by atoms with E-state index in [1.165, 1.54) is 5.56 Å². The first-order valence-corrected chi connectivity index (χ1v) is 8.86. The number of rotatable bonds is 4. The highest BCUT2D eigenvalue weighted by Gasteiger charge is 2.53. The monoisotopic (exact) mass is 345 g/mol. The van der Waals surface area contributed by atoms with E-state index in [2.05, 4.69) is 20.9 Å². The molecule has 1 fully saturated rings. The quantitative estimate of drug-likeness (QED) is 0.776. The van der Waals surface area contributed by atoms with E-state index < -0.39 is 0 Å². The van der Waals surface area contributed by atoms with Gasteiger partial charge in [-0.15, -0.1) is 0 Å². The molecule has 5 nitrogen and oxygen atoms in total. The van der Waals surface area contributed by atoms with Crippen molar-refractivity contribution in [2.24, 2.45) is 0 Å². The van der Waals surface area contributed by atoms with Gasteiger partial charge < -0.3 is 14.7 Å². The lowest BCUT2D eigenvalue weighted by atomic mass is 10.0. The molecule has 3 aromatic rings. The minimum Gasteiger partial charge on any atom is -0.455 e. The van der Waals surface area contributed by atoms with Crippen molar-refractivity contribution < 1.29 is 9.84 Å². The Morgan fingerprint density at radius 3 is 2.58 bits per heavy atom. The number of aliphatic hydroxyl groups is 1. The minimum absolute atomic E-state index is 0.156. The Morgan fingerprint density at radius 1 is 1.04 bits per heavy atom. The number of anilines is 2. The average molecular weight is 345 g/mol. The Bertz CT molecular complexity index is 954. The summed E-state index contributed by atoms with van der Waals surface area (Å²) in [6, 6.07) is 17.8. The predicted octanol–water partition coefficient (Wildman–Crippen LogP) is 3.94. The van der Waals surface area contributed by atoms with Crippen LogP contribution in [0, 0.1) is 0 Å². The van der Waals surface area contributed by atoms with E-state index in [1.807, 2.05) is 54.7 Å². The third kappa shape index (κ3) is 2.44. The summed E-state index contributed by atoms with van der Waals surface area (Å²) < 4.78 is 6.15. The molecule has 1 aromatic heterocycles. The number of aromatic nitrogens is 2. The van der Waals surface area contributed by atoms with Gasteiger partial charge in [0.2, 0.25) is 0 Å². The molecule has 0 radical (unpaired) electrons. The second kappa shape index (κ2) is 5.81. The molecule has 1 aliphatic carbocycles. The second-order valence-electron chi connectivity index (χ2n) is 6.93. The molecule has 0 unspecified atom stereocenters. The van der Waals surface area contributed by atoms with Crippen molar-refractivity contribution in [1.29, 1.82) is 0 Å². The number of hydrogen-bond acceptors (Lipinski definition) is 5. The number of ether oxygens (including phenoxy) is 1. The van der Waals surface area contributed by atoms with Crippen LogP contribution in [0.25, 0.3) is 0 Å². The normalized spacial score (nSPS) is 16.6. The molecule has 2 heterocycles. The number of aliphatic hydroxyl groups excluding tert-OH is 1. The molecule has 1 aliphatic heterocycles. The molecule has 5 rings (SSSR count). The Kier molecular flexibility index (Phi) is 3.43. The Morgan fingerprint density at radius 2 is 1.81 bits per heavy atom. The summed E-state index contributed by atoms with van der Waals surface area (Å²) >= 11 is 0. The van der Waals surface area contributed by atoms with Crippen molar-refractivity contribution in [2.75, 3.05) is 11.4 Å². The summed E-state index contributed by atoms with van der Waals surface area (Å²) in [5.41, 5.74) is 2.33. The van der Waals surface area contributed by atoms with Crippen LogP contribution in [-0.4, -0.2) is 21.6 Å². The maximum atomic E-state index is 9.45. The van der Waals surface area contributed by atoms with Crippen molar-refractivity contribution in [2.45, 2.75) is 24.9 Å². The van der Waals surface area contributed by atoms with E-state index in [4.69, 9.17) is 4.74 Å². The predicted molar refractivity (Wildman–Crippen MR) is 98.8 cm³/mol. The largest absolute Gasteiger partial charge is 0.455 e. The van der Waals surface area contributed by atoms with E-state index in [0.29, 0.717) is 5.82 Å². The smallest absolute Gasteiger partial charge is 0.156 e. The molecule has 0 atom stereocenters. The van der Waals surface area contributed by atoms with Gasteiger partial charge in [0, 0.05) is 23.7 Å². The first kappa shape index (κ1) is 15.3. The summed E-state index contributed by atoms with van der Waals surface area (Å²) in [6.07, 6.45) is 4.20. The summed E-state index contributed by atoms with van der Waals surface area (Å²) in [5.74, 6) is 2.95. The summed E-state index contributed by atoms with van der Waals surface area (Å²) in [5, 5.41) is 9.45. The van der Waals surface area contributed by atoms with Gasteiger partial charge in [0.25, 0.3) is 0 Å². The average Bonchev–Trinajstić information content (AvgIpc) is 3.40. The van der Waals surface area contributed by atoms with Crippen molar-refractivity contribution in [3.8, 4) is 11.5 Å². The van der Waals surface area contributed by atoms with Crippen LogP contribution < -0.4 is 9.64 Å². The van der Waals surface area contributed by atoms with E-state index in [-0.39, 0.29) is 12.0 Å². The van der Waals surface area contributed by atoms with Crippen LogP contribution in [0.15, 0.2) is 60.8 Å². The molecule has 2 aliphatic rings. The van der Waals surface area contributed by atoms with Crippen LogP contribution in [0.3, 0.4) is 0 Å². The zero-order valence-corrected chi connectivity index (χ0v) is 14.3. The van der Waals surface area contributed by atoms with Gasteiger partial charge in [-0.3, -0.25) is 0 Å². The zero-order chi connectivity index (χ0) is 17.6. The Labute approximate surface area is 151 Å². The third-order valence-electron chi connectivity index (χ3n) is 5.23. The second-order valence-corrected chi connectivity index (χ2v) is 6.93. The third-order valence-corrected chi connectivity index (χ3v) is 5.23. The van der Waals surface area contributed by atoms with Crippen molar-refractivity contribution in [1.82, 2.24) is 9.97 Å². The molecule has 1 saturated carbocycles. The topological polar surface area (TPSA) is 58.5 Å². The van der Waals surface area contributed by atoms with Crippen molar-refractivity contribution in [3.63, 3.8) is 0 Å². The van der Waals surface area contributed by atoms with Crippen LogP contribution in [0.1, 0.15) is 24.2 Å². The molecule has 2 aromatic carbocycles. The summed E-state index contributed by atoms with van der Waals surface area (Å²) in [7, 11) is 0. The number of para-hydroxylation sites is 3. The molecule has 26 heavy (non-hydrogen) atoms. The van der Waals surface area contributed by atoms with E-state index >= 15 is 0 Å². The molecule has 5 heteroatoms. The number of nitrogens with zero attached hydrogens (tertiary/aromatic N) is 3. The molecule has 0 amide bonds. The fraction of sp³-hybridized carbons (Fsp3) is 0.238. The molecular weight excluding hydrogens is 326 g/mol. The van der Waals surface area contributed by atoms with E-state index in [9.17, 15) is 5.11 Å². The number of hydrogen-bond donors (Lipinski definition) is 1. The van der Waals surface area contributed by atoms with Crippen molar-refractivity contribution >= 4 is 11.5 Å². The van der Waals surface area contributed by atoms with Gasteiger partial charge in [-0.2, -0.15) is 0 Å². The van der Waals surface area contributed by atoms with Gasteiger partial charge >= 0.3 is 0 Å². The standard InChI is InChI=1S/C21H19N3O2/c25-13-19-22-12-16-20(23-19)24(14-21(16)10-11-21)17-8-4-5-9-18(17)26-15-6-2-1-3-7-15/h1-9,12,25H,10-11,13-14H2. The molecule has 1 N–H and O–H groups in total. The first-order chi connectivity index (χ1) is 12.8. The first-order valence-electron chi connectivity index (χ1n) is 8.86. The van der Waals surface area contributed by atoms with Gasteiger partial charge in [-0.05, 0) is 37.1 Å². The van der Waals surface area contributed by atoms with Gasteiger partial charge in [0.05, 0.1) is 5.69 Å². The lowest BCUT2D eigenvalue weighted by molar-refractivity contribution is 0.271. The Balaban J connectivity index is 1.58. The maximum Gasteiger partial charge on any atom is 0.156 e. The Hall–Kier alpha value is -2.92. The number of benzene rings is 2. The van der Waals surface area contributed by atoms with E-state index in [0.717, 1.165) is 42.4 Å². The van der Waals surface area contributed by atoms with Gasteiger partial charge in [0.15, 0.2) is 11.6 Å². The van der Waals surface area contributed by atoms with Crippen LogP contribution in [-0.2, 0) is 12.0 Å². The molecule has 1 spiro atoms. The fourth-order valence-corrected chi connectivity index (χ4v) is 3.69. The summed E-state index contributed by atoms with van der Waals surface area (Å²) in [4.78, 5) is 11.1. The fourth-order valence-electron chi connectivity index (χ4n) is 3.69. The van der Waals surface area contributed by atoms with E-state index in [1.54, 1.807) is 0 Å². The number of fused-ring (bicyclic) bond motifs is 2.